The molecule has 5 heteroatoms. The fourth-order valence-electron chi connectivity index (χ4n) is 8.12. The second-order valence-corrected chi connectivity index (χ2v) is 13.0. The first-order valence-corrected chi connectivity index (χ1v) is 17.1. The van der Waals surface area contributed by atoms with Gasteiger partial charge in [0, 0.05) is 33.9 Å². The Hall–Kier alpha value is -6.87. The first-order valence-electron chi connectivity index (χ1n) is 17.1. The lowest BCUT2D eigenvalue weighted by molar-refractivity contribution is 0.743. The van der Waals surface area contributed by atoms with E-state index < -0.39 is 0 Å². The quantitative estimate of drug-likeness (QED) is 0.160. The van der Waals surface area contributed by atoms with Crippen LogP contribution in [0, 0.1) is 34.0 Å². The van der Waals surface area contributed by atoms with Gasteiger partial charge in [-0.15, -0.1) is 6.58 Å². The summed E-state index contributed by atoms with van der Waals surface area (Å²) in [5.41, 5.74) is 10.9. The van der Waals surface area contributed by atoms with Gasteiger partial charge in [0.1, 0.15) is 6.07 Å². The van der Waals surface area contributed by atoms with E-state index in [0.717, 1.165) is 50.4 Å². The number of benzene rings is 5. The van der Waals surface area contributed by atoms with Crippen molar-refractivity contribution in [2.75, 3.05) is 4.90 Å². The molecule has 0 spiro atoms. The highest BCUT2D eigenvalue weighted by Crippen LogP contribution is 2.50. The fourth-order valence-corrected chi connectivity index (χ4v) is 8.12. The summed E-state index contributed by atoms with van der Waals surface area (Å²) < 4.78 is 2.31. The Bertz CT molecular complexity index is 2560. The van der Waals surface area contributed by atoms with Crippen molar-refractivity contribution in [3.8, 4) is 23.9 Å². The molecule has 8 rings (SSSR count). The standard InChI is InChI=1S/C46H33N5/c1-3-11-35(32-20-21-33(29-49)46(26-32)51-43-17-10-7-14-38(43)40-25-31(28-48)19-23-45(40)51)34(4-2)39-24-30(27-47)18-22-44(39)50-41-15-8-5-12-36(41)37-13-6-9-16-42(37)50/h3-10,12-26,35,38,43H,1,11H2,2H3/b34-4+. The lowest BCUT2D eigenvalue weighted by Crippen LogP contribution is -2.29. The number of hydrogen-bond donors (Lipinski definition) is 0. The Kier molecular flexibility index (Phi) is 7.92. The molecule has 242 valence electrons. The minimum Gasteiger partial charge on any atom is -0.332 e. The third-order valence-corrected chi connectivity index (χ3v) is 10.3. The van der Waals surface area contributed by atoms with Gasteiger partial charge in [0.15, 0.2) is 0 Å². The first-order chi connectivity index (χ1) is 25.1. The van der Waals surface area contributed by atoms with Gasteiger partial charge in [0.2, 0.25) is 0 Å². The minimum atomic E-state index is -0.125. The zero-order valence-corrected chi connectivity index (χ0v) is 28.2. The SMILES string of the molecule is C=CCC(/C(=C\C)c1cc(C#N)ccc1-n1c2ccccc2c2ccccc21)c1ccc(C#N)c(N2c3ccc(C#N)cc3C3C=CC=CC32)c1. The largest absolute Gasteiger partial charge is 0.332 e. The van der Waals surface area contributed by atoms with Gasteiger partial charge in [-0.1, -0.05) is 78.9 Å². The van der Waals surface area contributed by atoms with Crippen LogP contribution in [0.2, 0.25) is 0 Å². The summed E-state index contributed by atoms with van der Waals surface area (Å²) in [4.78, 5) is 2.25. The molecule has 0 saturated heterocycles. The molecule has 6 aromatic rings. The third kappa shape index (κ3) is 5.06. The summed E-state index contributed by atoms with van der Waals surface area (Å²) in [7, 11) is 0. The summed E-state index contributed by atoms with van der Waals surface area (Å²) in [6.07, 6.45) is 13.2. The zero-order chi connectivity index (χ0) is 35.1. The smallest absolute Gasteiger partial charge is 0.101 e. The molecular formula is C46H33N5. The highest BCUT2D eigenvalue weighted by atomic mass is 15.2. The highest BCUT2D eigenvalue weighted by molar-refractivity contribution is 6.09. The molecule has 5 nitrogen and oxygen atoms in total. The molecule has 0 saturated carbocycles. The van der Waals surface area contributed by atoms with Crippen LogP contribution in [0.15, 0.2) is 146 Å². The maximum atomic E-state index is 10.4. The van der Waals surface area contributed by atoms with E-state index in [9.17, 15) is 15.8 Å². The molecule has 0 radical (unpaired) electrons. The molecule has 3 unspecified atom stereocenters. The molecule has 3 atom stereocenters. The number of fused-ring (bicyclic) bond motifs is 6. The first kappa shape index (κ1) is 31.4. The second kappa shape index (κ2) is 12.9. The minimum absolute atomic E-state index is 0.0328. The number of allylic oxidation sites excluding steroid dienone is 5. The van der Waals surface area contributed by atoms with E-state index in [2.05, 4.69) is 138 Å². The molecule has 0 bridgehead atoms. The van der Waals surface area contributed by atoms with Gasteiger partial charge in [-0.3, -0.25) is 0 Å². The van der Waals surface area contributed by atoms with Gasteiger partial charge >= 0.3 is 0 Å². The Balaban J connectivity index is 1.32. The van der Waals surface area contributed by atoms with Crippen LogP contribution >= 0.6 is 0 Å². The lowest BCUT2D eigenvalue weighted by atomic mass is 9.82. The molecule has 1 aliphatic carbocycles. The van der Waals surface area contributed by atoms with E-state index in [1.54, 1.807) is 0 Å². The highest BCUT2D eigenvalue weighted by Gasteiger charge is 2.39. The molecule has 2 heterocycles. The van der Waals surface area contributed by atoms with Gasteiger partial charge < -0.3 is 9.47 Å². The fraction of sp³-hybridized carbons (Fsp3) is 0.109. The van der Waals surface area contributed by atoms with Crippen LogP contribution in [0.1, 0.15) is 58.6 Å². The topological polar surface area (TPSA) is 79.5 Å². The van der Waals surface area contributed by atoms with Crippen LogP contribution in [0.5, 0.6) is 0 Å². The van der Waals surface area contributed by atoms with Gasteiger partial charge in [-0.25, -0.2) is 0 Å². The number of nitrogens with zero attached hydrogens (tertiary/aromatic N) is 5. The van der Waals surface area contributed by atoms with Crippen molar-refractivity contribution < 1.29 is 0 Å². The van der Waals surface area contributed by atoms with Gasteiger partial charge in [-0.05, 0) is 90.7 Å². The number of anilines is 2. The van der Waals surface area contributed by atoms with Crippen LogP contribution in [-0.2, 0) is 0 Å². The van der Waals surface area contributed by atoms with Crippen LogP contribution in [0.25, 0.3) is 33.1 Å². The van der Waals surface area contributed by atoms with E-state index in [-0.39, 0.29) is 17.9 Å². The normalized spacial score (nSPS) is 16.7. The molecule has 0 N–H and O–H groups in total. The average molecular weight is 656 g/mol. The number of aromatic nitrogens is 1. The summed E-state index contributed by atoms with van der Waals surface area (Å²) in [6, 6.07) is 41.9. The number of rotatable bonds is 7. The van der Waals surface area contributed by atoms with Crippen molar-refractivity contribution in [1.82, 2.24) is 4.57 Å². The van der Waals surface area contributed by atoms with Crippen LogP contribution in [-0.4, -0.2) is 10.6 Å². The number of nitriles is 3. The van der Waals surface area contributed by atoms with E-state index >= 15 is 0 Å². The molecule has 1 aliphatic heterocycles. The second-order valence-electron chi connectivity index (χ2n) is 13.0. The van der Waals surface area contributed by atoms with E-state index in [1.165, 1.54) is 10.8 Å². The molecule has 5 aromatic carbocycles. The van der Waals surface area contributed by atoms with Crippen LogP contribution in [0.3, 0.4) is 0 Å². The Labute approximate surface area is 297 Å². The van der Waals surface area contributed by atoms with Crippen molar-refractivity contribution in [1.29, 1.82) is 15.8 Å². The summed E-state index contributed by atoms with van der Waals surface area (Å²) in [5, 5.41) is 32.6. The van der Waals surface area contributed by atoms with Crippen molar-refractivity contribution in [3.05, 3.63) is 180 Å². The lowest BCUT2D eigenvalue weighted by Gasteiger charge is -2.31. The van der Waals surface area contributed by atoms with Crippen LogP contribution < -0.4 is 4.90 Å². The van der Waals surface area contributed by atoms with Gasteiger partial charge in [-0.2, -0.15) is 15.8 Å². The zero-order valence-electron chi connectivity index (χ0n) is 28.2. The summed E-state index contributed by atoms with van der Waals surface area (Å²) in [6.45, 7) is 6.22. The molecular weight excluding hydrogens is 623 g/mol. The van der Waals surface area contributed by atoms with Crippen molar-refractivity contribution in [2.45, 2.75) is 31.2 Å². The van der Waals surface area contributed by atoms with Crippen molar-refractivity contribution >= 4 is 38.8 Å². The van der Waals surface area contributed by atoms with Gasteiger partial charge in [0.25, 0.3) is 0 Å². The van der Waals surface area contributed by atoms with Gasteiger partial charge in [0.05, 0.1) is 57.3 Å². The van der Waals surface area contributed by atoms with Crippen molar-refractivity contribution in [3.63, 3.8) is 0 Å². The Morgan fingerprint density at radius 1 is 0.745 bits per heavy atom. The predicted molar refractivity (Wildman–Crippen MR) is 206 cm³/mol. The summed E-state index contributed by atoms with van der Waals surface area (Å²) >= 11 is 0. The third-order valence-electron chi connectivity index (χ3n) is 10.3. The van der Waals surface area contributed by atoms with E-state index in [4.69, 9.17) is 0 Å². The molecule has 1 aromatic heterocycles. The molecule has 2 aliphatic rings. The van der Waals surface area contributed by atoms with Crippen LogP contribution in [0.4, 0.5) is 11.4 Å². The monoisotopic (exact) mass is 655 g/mol. The maximum absolute atomic E-state index is 10.4. The maximum Gasteiger partial charge on any atom is 0.101 e. The average Bonchev–Trinajstić information content (AvgIpc) is 3.70. The van der Waals surface area contributed by atoms with Crippen molar-refractivity contribution in [2.24, 2.45) is 0 Å². The molecule has 0 fully saturated rings. The Morgan fingerprint density at radius 3 is 2.08 bits per heavy atom. The van der Waals surface area contributed by atoms with E-state index in [1.807, 2.05) is 42.5 Å². The summed E-state index contributed by atoms with van der Waals surface area (Å²) in [5.74, 6) is -0.0635. The predicted octanol–water partition coefficient (Wildman–Crippen LogP) is 10.9. The molecule has 51 heavy (non-hydrogen) atoms. The Morgan fingerprint density at radius 2 is 1.41 bits per heavy atom. The number of para-hydroxylation sites is 2. The van der Waals surface area contributed by atoms with E-state index in [0.29, 0.717) is 23.1 Å². The number of hydrogen-bond acceptors (Lipinski definition) is 4. The molecule has 0 amide bonds.